The van der Waals surface area contributed by atoms with Crippen LogP contribution in [0.3, 0.4) is 0 Å². The van der Waals surface area contributed by atoms with Gasteiger partial charge in [-0.2, -0.15) is 8.78 Å². The highest BCUT2D eigenvalue weighted by atomic mass is 19.3. The van der Waals surface area contributed by atoms with Crippen LogP contribution in [0.15, 0.2) is 91.1 Å². The monoisotopic (exact) mass is 964 g/mol. The number of hydrogen-bond acceptors (Lipinski definition) is 8. The second-order valence-electron chi connectivity index (χ2n) is 21.0. The van der Waals surface area contributed by atoms with Gasteiger partial charge in [-0.05, 0) is 114 Å². The zero-order chi connectivity index (χ0) is 49.5. The minimum atomic E-state index is -3.30. The van der Waals surface area contributed by atoms with Gasteiger partial charge >= 0.3 is 12.2 Å². The summed E-state index contributed by atoms with van der Waals surface area (Å²) in [6, 6.07) is 23.1. The van der Waals surface area contributed by atoms with Gasteiger partial charge < -0.3 is 39.9 Å². The van der Waals surface area contributed by atoms with E-state index in [9.17, 15) is 19.2 Å². The molecule has 1 spiro atoms. The number of likely N-dealkylation sites (tertiary alicyclic amines) is 2. The van der Waals surface area contributed by atoms with Gasteiger partial charge in [-0.15, -0.1) is 0 Å². The molecule has 3 aliphatic carbocycles. The minimum Gasteiger partial charge on any atom is -0.453 e. The lowest BCUT2D eigenvalue weighted by atomic mass is 9.95. The van der Waals surface area contributed by atoms with E-state index in [0.717, 1.165) is 48.7 Å². The number of amides is 4. The summed E-state index contributed by atoms with van der Waals surface area (Å²) >= 11 is 0. The van der Waals surface area contributed by atoms with Crippen LogP contribution in [0.2, 0.25) is 0 Å². The molecule has 6 aromatic rings. The summed E-state index contributed by atoms with van der Waals surface area (Å²) in [7, 11) is 1.28. The van der Waals surface area contributed by atoms with Crippen molar-refractivity contribution in [3.8, 4) is 33.5 Å². The number of imidazole rings is 2. The second-order valence-corrected chi connectivity index (χ2v) is 21.0. The third-order valence-electron chi connectivity index (χ3n) is 15.7. The molecular weight excluding hydrogens is 907 g/mol. The van der Waals surface area contributed by atoms with Gasteiger partial charge in [0.05, 0.1) is 42.1 Å². The Hall–Kier alpha value is -7.10. The molecule has 6 unspecified atom stereocenters. The summed E-state index contributed by atoms with van der Waals surface area (Å²) in [5.74, 6) is -2.60. The highest BCUT2D eigenvalue weighted by molar-refractivity contribution is 5.89. The molecule has 2 bridgehead atoms. The number of nitrogens with zero attached hydrogens (tertiary/aromatic N) is 4. The number of alkyl carbamates (subject to hydrolysis) is 2. The fourth-order valence-corrected chi connectivity index (χ4v) is 11.7. The van der Waals surface area contributed by atoms with Crippen LogP contribution in [-0.4, -0.2) is 85.5 Å². The number of halogens is 2. The molecule has 6 atom stereocenters. The van der Waals surface area contributed by atoms with E-state index < -0.39 is 30.2 Å². The maximum atomic E-state index is 16.8. The van der Waals surface area contributed by atoms with Crippen LogP contribution in [0.4, 0.5) is 18.4 Å². The topological polar surface area (TPSA) is 175 Å². The van der Waals surface area contributed by atoms with Crippen molar-refractivity contribution >= 4 is 35.0 Å². The maximum absolute atomic E-state index is 16.8. The number of nitrogens with one attached hydrogen (secondary N) is 4. The number of aromatic nitrogens is 4. The van der Waals surface area contributed by atoms with E-state index in [-0.39, 0.29) is 70.8 Å². The van der Waals surface area contributed by atoms with Gasteiger partial charge in [0.15, 0.2) is 0 Å². The van der Waals surface area contributed by atoms with E-state index in [1.807, 2.05) is 98.2 Å². The van der Waals surface area contributed by atoms with Gasteiger partial charge in [0.2, 0.25) is 11.8 Å². The predicted octanol–water partition coefficient (Wildman–Crippen LogP) is 10.2. The van der Waals surface area contributed by atoms with Crippen LogP contribution in [0.1, 0.15) is 107 Å². The average molecular weight is 965 g/mol. The molecule has 11 rings (SSSR count). The zero-order valence-electron chi connectivity index (χ0n) is 40.4. The number of H-pyrrole nitrogens is 2. The summed E-state index contributed by atoms with van der Waals surface area (Å²) in [4.78, 5) is 73.9. The van der Waals surface area contributed by atoms with Crippen molar-refractivity contribution in [2.45, 2.75) is 109 Å². The molecule has 368 valence electrons. The normalized spacial score (nSPS) is 21.9. The van der Waals surface area contributed by atoms with Crippen LogP contribution in [0.5, 0.6) is 0 Å². The highest BCUT2D eigenvalue weighted by Crippen LogP contribution is 2.59. The van der Waals surface area contributed by atoms with Crippen LogP contribution in [0, 0.1) is 23.2 Å². The number of methoxy groups -OCH3 is 1. The summed E-state index contributed by atoms with van der Waals surface area (Å²) < 4.78 is 43.9. The first-order valence-corrected chi connectivity index (χ1v) is 24.8. The Labute approximate surface area is 410 Å². The first kappa shape index (κ1) is 46.3. The molecule has 4 heterocycles. The van der Waals surface area contributed by atoms with Gasteiger partial charge in [0, 0.05) is 29.3 Å². The number of aromatic amines is 2. The fraction of sp³-hybridized carbons (Fsp3) is 0.418. The molecule has 2 aromatic heterocycles. The first-order valence-electron chi connectivity index (χ1n) is 24.8. The van der Waals surface area contributed by atoms with Crippen LogP contribution in [0.25, 0.3) is 44.5 Å². The molecule has 5 aliphatic rings. The molecule has 2 saturated heterocycles. The van der Waals surface area contributed by atoms with Crippen molar-refractivity contribution in [1.29, 1.82) is 0 Å². The lowest BCUT2D eigenvalue weighted by Gasteiger charge is -2.37. The summed E-state index contributed by atoms with van der Waals surface area (Å²) in [6.45, 7) is 8.18. The van der Waals surface area contributed by atoms with Crippen molar-refractivity contribution in [1.82, 2.24) is 40.4 Å². The summed E-state index contributed by atoms with van der Waals surface area (Å²) in [6.07, 6.45) is 5.71. The molecular formula is C55H58F2N8O6. The Bertz CT molecular complexity index is 3070. The third-order valence-corrected chi connectivity index (χ3v) is 15.7. The van der Waals surface area contributed by atoms with E-state index in [4.69, 9.17) is 19.4 Å². The Morgan fingerprint density at radius 3 is 2.15 bits per heavy atom. The standard InChI is InChI=1S/C55H58F2N8O6/c1-29(2)45(63-53(69)71-27-31-9-7-6-8-10-31)50(66)64-28-54(19-20-54)25-44(64)48-58-26-43(61-48)34-13-17-38-37-16-12-32(22-39(37)55(56,57)40(38)23-34)33-14-18-41-42(24-33)60-49(59-41)47-35-11-15-36(21-35)65(47)51(67)46(30(3)4)62-52(68)70-5/h6-10,12-14,16-18,22-24,26,29-30,35-36,44-47H,11,15,19-21,25,27-28H2,1-5H3,(H,58,61)(H,59,60)(H,62,68)(H,63,69). The zero-order valence-corrected chi connectivity index (χ0v) is 40.4. The molecule has 71 heavy (non-hydrogen) atoms. The van der Waals surface area contributed by atoms with Crippen molar-refractivity contribution in [2.75, 3.05) is 13.7 Å². The second kappa shape index (κ2) is 17.6. The highest BCUT2D eigenvalue weighted by Gasteiger charge is 2.56. The first-order chi connectivity index (χ1) is 34.1. The maximum Gasteiger partial charge on any atom is 0.408 e. The molecule has 4 N–H and O–H groups in total. The van der Waals surface area contributed by atoms with E-state index in [1.54, 1.807) is 24.4 Å². The van der Waals surface area contributed by atoms with Gasteiger partial charge in [-0.3, -0.25) is 9.59 Å². The van der Waals surface area contributed by atoms with Crippen molar-refractivity contribution in [3.05, 3.63) is 119 Å². The molecule has 4 aromatic carbocycles. The number of fused-ring (bicyclic) bond motifs is 6. The van der Waals surface area contributed by atoms with Crippen LogP contribution in [-0.2, 0) is 31.6 Å². The number of carbonyl (C=O) groups is 4. The Balaban J connectivity index is 0.813. The molecule has 2 saturated carbocycles. The van der Waals surface area contributed by atoms with Crippen LogP contribution < -0.4 is 10.6 Å². The van der Waals surface area contributed by atoms with Gasteiger partial charge in [-0.1, -0.05) is 88.4 Å². The molecule has 16 heteroatoms. The number of hydrogen-bond donors (Lipinski definition) is 4. The summed E-state index contributed by atoms with van der Waals surface area (Å²) in [5.41, 5.74) is 5.46. The number of benzene rings is 4. The number of rotatable bonds is 12. The quantitative estimate of drug-likeness (QED) is 0.0938. The lowest BCUT2D eigenvalue weighted by Crippen LogP contribution is -2.54. The number of alkyl halides is 2. The molecule has 4 amide bonds. The minimum absolute atomic E-state index is 0.0151. The smallest absolute Gasteiger partial charge is 0.408 e. The molecule has 4 fully saturated rings. The predicted molar refractivity (Wildman–Crippen MR) is 262 cm³/mol. The summed E-state index contributed by atoms with van der Waals surface area (Å²) in [5, 5.41) is 5.56. The van der Waals surface area contributed by atoms with E-state index in [2.05, 4.69) is 20.6 Å². The van der Waals surface area contributed by atoms with E-state index in [0.29, 0.717) is 58.1 Å². The van der Waals surface area contributed by atoms with Crippen molar-refractivity contribution in [2.24, 2.45) is 23.2 Å². The molecule has 14 nitrogen and oxygen atoms in total. The molecule has 2 aliphatic heterocycles. The van der Waals surface area contributed by atoms with Gasteiger partial charge in [0.25, 0.3) is 5.92 Å². The van der Waals surface area contributed by atoms with Crippen molar-refractivity contribution < 1.29 is 37.4 Å². The largest absolute Gasteiger partial charge is 0.453 e. The van der Waals surface area contributed by atoms with E-state index in [1.165, 1.54) is 13.2 Å². The number of ether oxygens (including phenoxy) is 2. The van der Waals surface area contributed by atoms with Crippen molar-refractivity contribution in [3.63, 3.8) is 0 Å². The van der Waals surface area contributed by atoms with Gasteiger partial charge in [0.1, 0.15) is 30.3 Å². The Morgan fingerprint density at radius 2 is 1.45 bits per heavy atom. The number of carbonyl (C=O) groups excluding carboxylic acids is 4. The molecule has 0 radical (unpaired) electrons. The Kier molecular flexibility index (Phi) is 11.5. The SMILES string of the molecule is COC(=O)NC(C(=O)N1C2CCC(C2)C1c1nc2ccc(-c3ccc4c(c3)C(F)(F)c3cc(-c5cnc(C6CC7(CC7)CN6C(=O)C(NC(=O)OCc6ccccc6)C(C)C)[nH]5)ccc3-4)cc2[nH]1)C(C)C. The number of piperidine rings is 1. The fourth-order valence-electron chi connectivity index (χ4n) is 11.7. The van der Waals surface area contributed by atoms with Gasteiger partial charge in [-0.25, -0.2) is 19.6 Å². The average Bonchev–Trinajstić information content (AvgIpc) is 4.03. The lowest BCUT2D eigenvalue weighted by molar-refractivity contribution is -0.139. The Morgan fingerprint density at radius 1 is 0.789 bits per heavy atom. The van der Waals surface area contributed by atoms with Crippen LogP contribution >= 0.6 is 0 Å². The van der Waals surface area contributed by atoms with E-state index >= 15 is 8.78 Å². The third kappa shape index (κ3) is 8.28.